The summed E-state index contributed by atoms with van der Waals surface area (Å²) in [6, 6.07) is 0. The van der Waals surface area contributed by atoms with Gasteiger partial charge in [-0.25, -0.2) is 9.78 Å². The Hall–Kier alpha value is -2.59. The largest absolute Gasteiger partial charge is 0.573 e. The number of carbonyl (C=O) groups is 1. The molecule has 0 aliphatic heterocycles. The lowest BCUT2D eigenvalue weighted by Crippen LogP contribution is -2.26. The van der Waals surface area contributed by atoms with Crippen LogP contribution in [0.5, 0.6) is 5.75 Å². The van der Waals surface area contributed by atoms with E-state index in [-0.39, 0.29) is 0 Å². The molecule has 104 valence electrons. The van der Waals surface area contributed by atoms with Gasteiger partial charge in [-0.3, -0.25) is 4.79 Å². The molecule has 1 aromatic rings. The lowest BCUT2D eigenvalue weighted by atomic mass is 10.2. The van der Waals surface area contributed by atoms with Gasteiger partial charge in [-0.05, 0) is 4.92 Å². The number of aromatic amines is 1. The molecule has 0 atom stereocenters. The number of nitrogens with one attached hydrogen (secondary N) is 1. The van der Waals surface area contributed by atoms with Gasteiger partial charge in [0.1, 0.15) is 6.20 Å². The molecule has 1 heterocycles. The van der Waals surface area contributed by atoms with Crippen molar-refractivity contribution in [3.63, 3.8) is 0 Å². The van der Waals surface area contributed by atoms with Gasteiger partial charge in [0.05, 0.1) is 7.11 Å². The molecule has 0 saturated heterocycles. The second kappa shape index (κ2) is 4.96. The molecule has 0 aromatic carbocycles. The minimum atomic E-state index is -5.18. The van der Waals surface area contributed by atoms with E-state index < -0.39 is 39.8 Å². The first-order valence-corrected chi connectivity index (χ1v) is 4.41. The number of nitro groups is 1. The van der Waals surface area contributed by atoms with Crippen molar-refractivity contribution in [2.45, 2.75) is 6.36 Å². The lowest BCUT2D eigenvalue weighted by molar-refractivity contribution is -0.390. The molecule has 0 aliphatic rings. The van der Waals surface area contributed by atoms with Gasteiger partial charge in [0.25, 0.3) is 0 Å². The second-order valence-corrected chi connectivity index (χ2v) is 3.00. The Morgan fingerprint density at radius 3 is 2.47 bits per heavy atom. The van der Waals surface area contributed by atoms with E-state index in [1.165, 1.54) is 0 Å². The first-order chi connectivity index (χ1) is 8.67. The van der Waals surface area contributed by atoms with Crippen molar-refractivity contribution in [2.24, 2.45) is 0 Å². The molecule has 0 aliphatic carbocycles. The summed E-state index contributed by atoms with van der Waals surface area (Å²) in [4.78, 5) is 33.9. The number of hydrogen-bond acceptors (Lipinski definition) is 6. The highest BCUT2D eigenvalue weighted by atomic mass is 19.4. The summed E-state index contributed by atoms with van der Waals surface area (Å²) in [5.74, 6) is -3.86. The van der Waals surface area contributed by atoms with Crippen LogP contribution in [0.3, 0.4) is 0 Å². The Kier molecular flexibility index (Phi) is 3.77. The summed E-state index contributed by atoms with van der Waals surface area (Å²) in [5, 5.41) is 10.6. The SMILES string of the molecule is COC(=O)c1c([N+](=O)[O-])[nH]cc(OC(F)(F)F)c1=O. The third-order valence-electron chi connectivity index (χ3n) is 1.83. The Morgan fingerprint density at radius 2 is 2.05 bits per heavy atom. The van der Waals surface area contributed by atoms with Crippen LogP contribution in [-0.4, -0.2) is 29.3 Å². The maximum Gasteiger partial charge on any atom is 0.573 e. The molecule has 0 fully saturated rings. The number of nitrogens with zero attached hydrogens (tertiary/aromatic N) is 1. The number of pyridine rings is 1. The van der Waals surface area contributed by atoms with Crippen LogP contribution in [0.25, 0.3) is 0 Å². The lowest BCUT2D eigenvalue weighted by Gasteiger charge is -2.08. The molecule has 1 aromatic heterocycles. The minimum absolute atomic E-state index is 0.334. The first-order valence-electron chi connectivity index (χ1n) is 4.41. The molecule has 0 spiro atoms. The maximum atomic E-state index is 12.0. The number of carbonyl (C=O) groups excluding carboxylic acids is 1. The predicted octanol–water partition coefficient (Wildman–Crippen LogP) is 0.968. The summed E-state index contributed by atoms with van der Waals surface area (Å²) in [6.07, 6.45) is -4.85. The summed E-state index contributed by atoms with van der Waals surface area (Å²) >= 11 is 0. The van der Waals surface area contributed by atoms with Crippen molar-refractivity contribution >= 4 is 11.8 Å². The molecule has 1 rings (SSSR count). The van der Waals surface area contributed by atoms with E-state index in [1.54, 1.807) is 4.98 Å². The van der Waals surface area contributed by atoms with Crippen molar-refractivity contribution in [3.05, 3.63) is 32.1 Å². The van der Waals surface area contributed by atoms with Gasteiger partial charge in [-0.2, -0.15) is 0 Å². The van der Waals surface area contributed by atoms with Crippen LogP contribution in [0, 0.1) is 10.1 Å². The smallest absolute Gasteiger partial charge is 0.465 e. The van der Waals surface area contributed by atoms with E-state index in [4.69, 9.17) is 0 Å². The molecule has 19 heavy (non-hydrogen) atoms. The van der Waals surface area contributed by atoms with Crippen molar-refractivity contribution in [1.29, 1.82) is 0 Å². The van der Waals surface area contributed by atoms with Gasteiger partial charge in [-0.1, -0.05) is 0 Å². The molecule has 0 radical (unpaired) electrons. The van der Waals surface area contributed by atoms with Crippen LogP contribution in [-0.2, 0) is 4.74 Å². The standard InChI is InChI=1S/C8H5F3N2O6/c1-18-7(15)4-5(14)3(19-8(9,10)11)2-12-6(4)13(16)17/h2H,1H3,(H,12,14). The van der Waals surface area contributed by atoms with Crippen LogP contribution in [0.2, 0.25) is 0 Å². The Labute approximate surface area is 101 Å². The van der Waals surface area contributed by atoms with Crippen molar-refractivity contribution < 1.29 is 32.4 Å². The minimum Gasteiger partial charge on any atom is -0.465 e. The average Bonchev–Trinajstić information content (AvgIpc) is 2.28. The summed E-state index contributed by atoms with van der Waals surface area (Å²) < 4.78 is 43.3. The van der Waals surface area contributed by atoms with Crippen LogP contribution in [0.15, 0.2) is 11.0 Å². The van der Waals surface area contributed by atoms with Crippen molar-refractivity contribution in [2.75, 3.05) is 7.11 Å². The van der Waals surface area contributed by atoms with Gasteiger partial charge >= 0.3 is 18.1 Å². The van der Waals surface area contributed by atoms with E-state index in [1.807, 2.05) is 0 Å². The summed E-state index contributed by atoms with van der Waals surface area (Å²) in [7, 11) is 0.808. The third kappa shape index (κ3) is 3.20. The average molecular weight is 282 g/mol. The first kappa shape index (κ1) is 14.5. The fourth-order valence-electron chi connectivity index (χ4n) is 1.14. The fourth-order valence-corrected chi connectivity index (χ4v) is 1.14. The molecule has 8 nitrogen and oxygen atoms in total. The Morgan fingerprint density at radius 1 is 1.47 bits per heavy atom. The summed E-state index contributed by atoms with van der Waals surface area (Å²) in [5.41, 5.74) is -2.79. The van der Waals surface area contributed by atoms with E-state index in [0.717, 1.165) is 7.11 Å². The van der Waals surface area contributed by atoms with Gasteiger partial charge in [0.2, 0.25) is 16.7 Å². The van der Waals surface area contributed by atoms with Gasteiger partial charge in [0, 0.05) is 0 Å². The van der Waals surface area contributed by atoms with E-state index in [0.29, 0.717) is 6.20 Å². The molecule has 11 heteroatoms. The molecular formula is C8H5F3N2O6. The highest BCUT2D eigenvalue weighted by Gasteiger charge is 2.35. The number of H-pyrrole nitrogens is 1. The highest BCUT2D eigenvalue weighted by Crippen LogP contribution is 2.22. The van der Waals surface area contributed by atoms with Crippen LogP contribution >= 0.6 is 0 Å². The van der Waals surface area contributed by atoms with Gasteiger partial charge in [-0.15, -0.1) is 13.2 Å². The molecular weight excluding hydrogens is 277 g/mol. The Bertz CT molecular complexity index is 579. The number of esters is 1. The molecule has 1 N–H and O–H groups in total. The molecule has 0 bridgehead atoms. The van der Waals surface area contributed by atoms with Crippen molar-refractivity contribution in [3.8, 4) is 5.75 Å². The number of ether oxygens (including phenoxy) is 2. The fraction of sp³-hybridized carbons (Fsp3) is 0.250. The van der Waals surface area contributed by atoms with E-state index in [2.05, 4.69) is 9.47 Å². The zero-order valence-corrected chi connectivity index (χ0v) is 9.11. The van der Waals surface area contributed by atoms with Crippen molar-refractivity contribution in [1.82, 2.24) is 4.98 Å². The topological polar surface area (TPSA) is 112 Å². The number of rotatable bonds is 3. The molecule has 0 amide bonds. The second-order valence-electron chi connectivity index (χ2n) is 3.00. The monoisotopic (exact) mass is 282 g/mol. The van der Waals surface area contributed by atoms with E-state index in [9.17, 15) is 32.9 Å². The van der Waals surface area contributed by atoms with E-state index >= 15 is 0 Å². The van der Waals surface area contributed by atoms with Crippen LogP contribution in [0.1, 0.15) is 10.4 Å². The number of hydrogen-bond donors (Lipinski definition) is 1. The quantitative estimate of drug-likeness (QED) is 0.502. The summed E-state index contributed by atoms with van der Waals surface area (Å²) in [6.45, 7) is 0. The van der Waals surface area contributed by atoms with Crippen LogP contribution in [0.4, 0.5) is 19.0 Å². The highest BCUT2D eigenvalue weighted by molar-refractivity contribution is 5.93. The number of alkyl halides is 3. The van der Waals surface area contributed by atoms with Crippen LogP contribution < -0.4 is 10.2 Å². The normalized spacial score (nSPS) is 10.9. The zero-order chi connectivity index (χ0) is 14.8. The Balaban J connectivity index is 3.47. The molecule has 0 unspecified atom stereocenters. The zero-order valence-electron chi connectivity index (χ0n) is 9.11. The number of methoxy groups -OCH3 is 1. The molecule has 0 saturated carbocycles. The van der Waals surface area contributed by atoms with Gasteiger partial charge in [0.15, 0.2) is 0 Å². The van der Waals surface area contributed by atoms with Gasteiger partial charge < -0.3 is 19.6 Å². The number of halogens is 3. The maximum absolute atomic E-state index is 12.0. The predicted molar refractivity (Wildman–Crippen MR) is 51.7 cm³/mol. The third-order valence-corrected chi connectivity index (χ3v) is 1.83. The number of aromatic nitrogens is 1.